The van der Waals surface area contributed by atoms with Crippen molar-refractivity contribution in [2.24, 2.45) is 0 Å². The van der Waals surface area contributed by atoms with Crippen LogP contribution >= 0.6 is 11.6 Å². The largest absolute Gasteiger partial charge is 0.325 e. The molecule has 1 N–H and O–H groups in total. The van der Waals surface area contributed by atoms with Gasteiger partial charge in [0.25, 0.3) is 5.91 Å². The predicted octanol–water partition coefficient (Wildman–Crippen LogP) is 4.54. The van der Waals surface area contributed by atoms with E-state index in [0.29, 0.717) is 16.5 Å². The number of rotatable bonds is 5. The first-order valence-electron chi connectivity index (χ1n) is 7.90. The third kappa shape index (κ3) is 4.14. The lowest BCUT2D eigenvalue weighted by atomic mass is 10.2. The van der Waals surface area contributed by atoms with E-state index in [0.717, 1.165) is 12.2 Å². The molecule has 0 saturated carbocycles. The lowest BCUT2D eigenvalue weighted by molar-refractivity contribution is 0.102. The average molecular weight is 353 g/mol. The second kappa shape index (κ2) is 7.77. The molecule has 0 bridgehead atoms. The summed E-state index contributed by atoms with van der Waals surface area (Å²) in [4.78, 5) is 14.3. The highest BCUT2D eigenvalue weighted by atomic mass is 35.5. The molecule has 5 nitrogen and oxygen atoms in total. The van der Waals surface area contributed by atoms with Crippen molar-refractivity contribution in [2.45, 2.75) is 6.92 Å². The Morgan fingerprint density at radius 1 is 1.04 bits per heavy atom. The Balaban J connectivity index is 1.76. The van der Waals surface area contributed by atoms with Crippen molar-refractivity contribution in [2.75, 3.05) is 16.8 Å². The van der Waals surface area contributed by atoms with Crippen LogP contribution in [0.4, 0.5) is 17.2 Å². The number of nitrogens with one attached hydrogen (secondary N) is 1. The third-order valence-corrected chi connectivity index (χ3v) is 3.86. The van der Waals surface area contributed by atoms with Gasteiger partial charge in [-0.05, 0) is 49.4 Å². The molecular formula is C19H17ClN4O. The molecule has 25 heavy (non-hydrogen) atoms. The summed E-state index contributed by atoms with van der Waals surface area (Å²) in [5.41, 5.74) is 1.88. The second-order valence-electron chi connectivity index (χ2n) is 5.32. The summed E-state index contributed by atoms with van der Waals surface area (Å²) < 4.78 is 0. The number of carbonyl (C=O) groups is 1. The number of benzene rings is 2. The molecule has 6 heteroatoms. The quantitative estimate of drug-likeness (QED) is 0.732. The first-order chi connectivity index (χ1) is 12.2. The molecule has 0 aliphatic rings. The van der Waals surface area contributed by atoms with E-state index in [1.807, 2.05) is 42.2 Å². The highest BCUT2D eigenvalue weighted by molar-refractivity contribution is 6.30. The number of hydrogen-bond donors (Lipinski definition) is 1. The Hall–Kier alpha value is -2.92. The molecule has 0 spiro atoms. The molecule has 0 atom stereocenters. The molecule has 3 rings (SSSR count). The predicted molar refractivity (Wildman–Crippen MR) is 101 cm³/mol. The van der Waals surface area contributed by atoms with Gasteiger partial charge in [-0.1, -0.05) is 35.9 Å². The summed E-state index contributed by atoms with van der Waals surface area (Å²) in [7, 11) is 0. The smallest absolute Gasteiger partial charge is 0.276 e. The maximum Gasteiger partial charge on any atom is 0.276 e. The van der Waals surface area contributed by atoms with Gasteiger partial charge >= 0.3 is 0 Å². The minimum absolute atomic E-state index is 0.243. The summed E-state index contributed by atoms with van der Waals surface area (Å²) in [5, 5.41) is 11.6. The van der Waals surface area contributed by atoms with Gasteiger partial charge in [-0.3, -0.25) is 4.79 Å². The summed E-state index contributed by atoms with van der Waals surface area (Å²) in [6, 6.07) is 20.3. The van der Waals surface area contributed by atoms with Crippen LogP contribution in [0.15, 0.2) is 66.7 Å². The van der Waals surface area contributed by atoms with E-state index in [1.54, 1.807) is 36.4 Å². The molecule has 1 aromatic heterocycles. The van der Waals surface area contributed by atoms with Crippen molar-refractivity contribution in [3.63, 3.8) is 0 Å². The first-order valence-corrected chi connectivity index (χ1v) is 8.28. The van der Waals surface area contributed by atoms with Gasteiger partial charge in [-0.25, -0.2) is 0 Å². The SMILES string of the molecule is CCN(c1ccccc1)c1ccc(C(=O)Nc2cccc(Cl)c2)nn1. The van der Waals surface area contributed by atoms with Crippen molar-refractivity contribution in [3.05, 3.63) is 77.4 Å². The van der Waals surface area contributed by atoms with E-state index in [1.165, 1.54) is 0 Å². The molecule has 1 amide bonds. The van der Waals surface area contributed by atoms with E-state index >= 15 is 0 Å². The average Bonchev–Trinajstić information content (AvgIpc) is 2.64. The number of aromatic nitrogens is 2. The van der Waals surface area contributed by atoms with Crippen molar-refractivity contribution in [1.82, 2.24) is 10.2 Å². The normalized spacial score (nSPS) is 10.3. The van der Waals surface area contributed by atoms with E-state index in [2.05, 4.69) is 15.5 Å². The fourth-order valence-corrected chi connectivity index (χ4v) is 2.63. The van der Waals surface area contributed by atoms with E-state index in [4.69, 9.17) is 11.6 Å². The zero-order chi connectivity index (χ0) is 17.6. The topological polar surface area (TPSA) is 58.1 Å². The highest BCUT2D eigenvalue weighted by Crippen LogP contribution is 2.22. The van der Waals surface area contributed by atoms with Gasteiger partial charge in [0.05, 0.1) is 0 Å². The van der Waals surface area contributed by atoms with Gasteiger partial charge in [0, 0.05) is 22.9 Å². The zero-order valence-electron chi connectivity index (χ0n) is 13.7. The van der Waals surface area contributed by atoms with Crippen molar-refractivity contribution >= 4 is 34.7 Å². The van der Waals surface area contributed by atoms with Crippen molar-refractivity contribution in [3.8, 4) is 0 Å². The Kier molecular flexibility index (Phi) is 5.26. The number of halogens is 1. The van der Waals surface area contributed by atoms with Gasteiger partial charge in [0.1, 0.15) is 0 Å². The Labute approximate surface area is 151 Å². The zero-order valence-corrected chi connectivity index (χ0v) is 14.4. The number of anilines is 3. The van der Waals surface area contributed by atoms with Crippen molar-refractivity contribution < 1.29 is 4.79 Å². The summed E-state index contributed by atoms with van der Waals surface area (Å²) >= 11 is 5.92. The lowest BCUT2D eigenvalue weighted by Crippen LogP contribution is -2.19. The number of carbonyl (C=O) groups excluding carboxylic acids is 1. The fourth-order valence-electron chi connectivity index (χ4n) is 2.44. The van der Waals surface area contributed by atoms with E-state index < -0.39 is 0 Å². The van der Waals surface area contributed by atoms with Crippen LogP contribution < -0.4 is 10.2 Å². The maximum absolute atomic E-state index is 12.3. The fraction of sp³-hybridized carbons (Fsp3) is 0.105. The van der Waals surface area contributed by atoms with E-state index in [9.17, 15) is 4.79 Å². The molecule has 126 valence electrons. The van der Waals surface area contributed by atoms with Crippen LogP contribution in [0.2, 0.25) is 5.02 Å². The number of amides is 1. The van der Waals surface area contributed by atoms with Crippen LogP contribution in [0, 0.1) is 0 Å². The molecular weight excluding hydrogens is 336 g/mol. The highest BCUT2D eigenvalue weighted by Gasteiger charge is 2.12. The minimum atomic E-state index is -0.330. The molecule has 3 aromatic rings. The monoisotopic (exact) mass is 352 g/mol. The van der Waals surface area contributed by atoms with Crippen molar-refractivity contribution in [1.29, 1.82) is 0 Å². The first kappa shape index (κ1) is 16.9. The molecule has 2 aromatic carbocycles. The van der Waals surface area contributed by atoms with Gasteiger partial charge in [0.2, 0.25) is 0 Å². The van der Waals surface area contributed by atoms with Crippen LogP contribution in [-0.2, 0) is 0 Å². The molecule has 0 radical (unpaired) electrons. The van der Waals surface area contributed by atoms with Gasteiger partial charge < -0.3 is 10.2 Å². The van der Waals surface area contributed by atoms with Gasteiger partial charge in [0.15, 0.2) is 11.5 Å². The van der Waals surface area contributed by atoms with Crippen LogP contribution in [0.3, 0.4) is 0 Å². The number of nitrogens with zero attached hydrogens (tertiary/aromatic N) is 3. The van der Waals surface area contributed by atoms with Crippen LogP contribution in [0.1, 0.15) is 17.4 Å². The molecule has 1 heterocycles. The molecule has 0 aliphatic heterocycles. The Morgan fingerprint density at radius 3 is 2.48 bits per heavy atom. The molecule has 0 aliphatic carbocycles. The van der Waals surface area contributed by atoms with Crippen LogP contribution in [0.5, 0.6) is 0 Å². The Bertz CT molecular complexity index is 853. The van der Waals surface area contributed by atoms with Gasteiger partial charge in [-0.2, -0.15) is 0 Å². The third-order valence-electron chi connectivity index (χ3n) is 3.63. The Morgan fingerprint density at radius 2 is 1.84 bits per heavy atom. The molecule has 0 unspecified atom stereocenters. The number of hydrogen-bond acceptors (Lipinski definition) is 4. The van der Waals surface area contributed by atoms with Gasteiger partial charge in [-0.15, -0.1) is 10.2 Å². The van der Waals surface area contributed by atoms with Crippen LogP contribution in [-0.4, -0.2) is 22.6 Å². The molecule has 0 saturated heterocycles. The number of para-hydroxylation sites is 1. The van der Waals surface area contributed by atoms with Crippen LogP contribution in [0.25, 0.3) is 0 Å². The standard InChI is InChI=1S/C19H17ClN4O/c1-2-24(16-9-4-3-5-10-16)18-12-11-17(22-23-18)19(25)21-15-8-6-7-14(20)13-15/h3-13H,2H2,1H3,(H,21,25). The summed E-state index contributed by atoms with van der Waals surface area (Å²) in [6.07, 6.45) is 0. The summed E-state index contributed by atoms with van der Waals surface area (Å²) in [5.74, 6) is 0.358. The maximum atomic E-state index is 12.3. The van der Waals surface area contributed by atoms with E-state index in [-0.39, 0.29) is 11.6 Å². The summed E-state index contributed by atoms with van der Waals surface area (Å²) in [6.45, 7) is 2.78. The molecule has 0 fully saturated rings. The second-order valence-corrected chi connectivity index (χ2v) is 5.76. The minimum Gasteiger partial charge on any atom is -0.325 e. The lowest BCUT2D eigenvalue weighted by Gasteiger charge is -2.21.